The summed E-state index contributed by atoms with van der Waals surface area (Å²) in [6.45, 7) is 10.4. The normalized spacial score (nSPS) is 11.7. The minimum atomic E-state index is -0.590. The first-order valence-electron chi connectivity index (χ1n) is 6.33. The SMILES string of the molecule is Cc1cc(C(C)(C)C(=O)NCC(C)C)ccc1O. The fourth-order valence-electron chi connectivity index (χ4n) is 1.69. The fraction of sp³-hybridized carbons (Fsp3) is 0.533. The van der Waals surface area contributed by atoms with Gasteiger partial charge in [-0.3, -0.25) is 4.79 Å². The number of phenolic OH excluding ortho intramolecular Hbond substituents is 1. The van der Waals surface area contributed by atoms with Crippen molar-refractivity contribution in [2.75, 3.05) is 6.54 Å². The van der Waals surface area contributed by atoms with E-state index in [0.717, 1.165) is 11.1 Å². The summed E-state index contributed by atoms with van der Waals surface area (Å²) in [5.74, 6) is 0.713. The number of hydrogen-bond donors (Lipinski definition) is 2. The molecule has 0 saturated carbocycles. The summed E-state index contributed by atoms with van der Waals surface area (Å²) < 4.78 is 0. The second-order valence-corrected chi connectivity index (χ2v) is 5.73. The number of benzene rings is 1. The van der Waals surface area contributed by atoms with Gasteiger partial charge in [0.2, 0.25) is 5.91 Å². The molecule has 0 radical (unpaired) electrons. The van der Waals surface area contributed by atoms with Gasteiger partial charge in [0.15, 0.2) is 0 Å². The van der Waals surface area contributed by atoms with Gasteiger partial charge in [-0.1, -0.05) is 26.0 Å². The molecule has 100 valence electrons. The Morgan fingerprint density at radius 3 is 2.50 bits per heavy atom. The Hall–Kier alpha value is -1.51. The second-order valence-electron chi connectivity index (χ2n) is 5.73. The van der Waals surface area contributed by atoms with Crippen molar-refractivity contribution in [1.29, 1.82) is 0 Å². The highest BCUT2D eigenvalue weighted by atomic mass is 16.3. The van der Waals surface area contributed by atoms with Crippen LogP contribution in [0.5, 0.6) is 5.75 Å². The lowest BCUT2D eigenvalue weighted by molar-refractivity contribution is -0.125. The first-order chi connectivity index (χ1) is 8.25. The second kappa shape index (κ2) is 5.42. The van der Waals surface area contributed by atoms with E-state index in [0.29, 0.717) is 12.5 Å². The monoisotopic (exact) mass is 249 g/mol. The molecule has 18 heavy (non-hydrogen) atoms. The van der Waals surface area contributed by atoms with Crippen molar-refractivity contribution in [3.8, 4) is 5.75 Å². The van der Waals surface area contributed by atoms with E-state index in [1.807, 2.05) is 26.8 Å². The number of carbonyl (C=O) groups excluding carboxylic acids is 1. The molecule has 1 aromatic rings. The summed E-state index contributed by atoms with van der Waals surface area (Å²) in [7, 11) is 0. The Balaban J connectivity index is 2.90. The van der Waals surface area contributed by atoms with Crippen LogP contribution in [0.3, 0.4) is 0 Å². The van der Waals surface area contributed by atoms with Gasteiger partial charge in [-0.25, -0.2) is 0 Å². The molecule has 0 fully saturated rings. The van der Waals surface area contributed by atoms with Crippen LogP contribution in [-0.2, 0) is 10.2 Å². The molecular weight excluding hydrogens is 226 g/mol. The summed E-state index contributed by atoms with van der Waals surface area (Å²) in [6, 6.07) is 5.31. The summed E-state index contributed by atoms with van der Waals surface area (Å²) in [6.07, 6.45) is 0. The van der Waals surface area contributed by atoms with Crippen LogP contribution in [0.1, 0.15) is 38.8 Å². The van der Waals surface area contributed by atoms with Gasteiger partial charge >= 0.3 is 0 Å². The van der Waals surface area contributed by atoms with E-state index < -0.39 is 5.41 Å². The van der Waals surface area contributed by atoms with Crippen LogP contribution in [0.4, 0.5) is 0 Å². The number of aryl methyl sites for hydroxylation is 1. The van der Waals surface area contributed by atoms with E-state index in [1.54, 1.807) is 12.1 Å². The Labute approximate surface area is 109 Å². The lowest BCUT2D eigenvalue weighted by Gasteiger charge is -2.25. The molecule has 0 aliphatic rings. The van der Waals surface area contributed by atoms with Crippen molar-refractivity contribution in [2.24, 2.45) is 5.92 Å². The van der Waals surface area contributed by atoms with Gasteiger partial charge < -0.3 is 10.4 Å². The molecule has 0 bridgehead atoms. The molecule has 0 atom stereocenters. The van der Waals surface area contributed by atoms with Gasteiger partial charge in [-0.15, -0.1) is 0 Å². The first-order valence-corrected chi connectivity index (χ1v) is 6.33. The summed E-state index contributed by atoms with van der Waals surface area (Å²) in [5, 5.41) is 12.5. The first kappa shape index (κ1) is 14.6. The van der Waals surface area contributed by atoms with Crippen molar-refractivity contribution >= 4 is 5.91 Å². The van der Waals surface area contributed by atoms with Crippen LogP contribution >= 0.6 is 0 Å². The minimum absolute atomic E-state index is 0.0151. The molecule has 0 aromatic heterocycles. The Bertz CT molecular complexity index is 436. The summed E-state index contributed by atoms with van der Waals surface area (Å²) >= 11 is 0. The molecule has 1 rings (SSSR count). The van der Waals surface area contributed by atoms with Gasteiger partial charge in [-0.2, -0.15) is 0 Å². The van der Waals surface area contributed by atoms with Crippen molar-refractivity contribution in [3.63, 3.8) is 0 Å². The largest absolute Gasteiger partial charge is 0.508 e. The zero-order chi connectivity index (χ0) is 13.9. The van der Waals surface area contributed by atoms with Crippen molar-refractivity contribution in [1.82, 2.24) is 5.32 Å². The van der Waals surface area contributed by atoms with E-state index in [2.05, 4.69) is 19.2 Å². The van der Waals surface area contributed by atoms with Crippen LogP contribution in [0.2, 0.25) is 0 Å². The molecule has 3 nitrogen and oxygen atoms in total. The standard InChI is InChI=1S/C15H23NO2/c1-10(2)9-16-14(18)15(4,5)12-6-7-13(17)11(3)8-12/h6-8,10,17H,9H2,1-5H3,(H,16,18). The number of carbonyl (C=O) groups is 1. The number of aromatic hydroxyl groups is 1. The minimum Gasteiger partial charge on any atom is -0.508 e. The van der Waals surface area contributed by atoms with Crippen LogP contribution in [0, 0.1) is 12.8 Å². The van der Waals surface area contributed by atoms with Gasteiger partial charge in [0, 0.05) is 6.54 Å². The predicted molar refractivity (Wildman–Crippen MR) is 73.7 cm³/mol. The lowest BCUT2D eigenvalue weighted by atomic mass is 9.83. The zero-order valence-electron chi connectivity index (χ0n) is 11.9. The van der Waals surface area contributed by atoms with E-state index in [1.165, 1.54) is 0 Å². The topological polar surface area (TPSA) is 49.3 Å². The van der Waals surface area contributed by atoms with Gasteiger partial charge in [0.25, 0.3) is 0 Å². The zero-order valence-corrected chi connectivity index (χ0v) is 11.9. The molecular formula is C15H23NO2. The smallest absolute Gasteiger partial charge is 0.230 e. The molecule has 0 aliphatic carbocycles. The Kier molecular flexibility index (Phi) is 4.38. The van der Waals surface area contributed by atoms with Crippen LogP contribution in [0.15, 0.2) is 18.2 Å². The third-order valence-electron chi connectivity index (χ3n) is 3.16. The average molecular weight is 249 g/mol. The summed E-state index contributed by atoms with van der Waals surface area (Å²) in [4.78, 5) is 12.2. The van der Waals surface area contributed by atoms with Crippen molar-refractivity contribution < 1.29 is 9.90 Å². The molecule has 0 heterocycles. The number of phenols is 1. The van der Waals surface area contributed by atoms with E-state index >= 15 is 0 Å². The van der Waals surface area contributed by atoms with E-state index in [9.17, 15) is 9.90 Å². The molecule has 0 aliphatic heterocycles. The molecule has 1 aromatic carbocycles. The van der Waals surface area contributed by atoms with Crippen LogP contribution in [-0.4, -0.2) is 17.6 Å². The maximum absolute atomic E-state index is 12.2. The van der Waals surface area contributed by atoms with Crippen LogP contribution < -0.4 is 5.32 Å². The van der Waals surface area contributed by atoms with Gasteiger partial charge in [0.05, 0.1) is 5.41 Å². The Morgan fingerprint density at radius 1 is 1.39 bits per heavy atom. The number of hydrogen-bond acceptors (Lipinski definition) is 2. The maximum atomic E-state index is 12.2. The van der Waals surface area contributed by atoms with Gasteiger partial charge in [-0.05, 0) is 43.9 Å². The predicted octanol–water partition coefficient (Wildman–Crippen LogP) is 2.75. The molecule has 2 N–H and O–H groups in total. The fourth-order valence-corrected chi connectivity index (χ4v) is 1.69. The lowest BCUT2D eigenvalue weighted by Crippen LogP contribution is -2.41. The maximum Gasteiger partial charge on any atom is 0.230 e. The molecule has 0 unspecified atom stereocenters. The van der Waals surface area contributed by atoms with Gasteiger partial charge in [0.1, 0.15) is 5.75 Å². The Morgan fingerprint density at radius 2 is 2.00 bits per heavy atom. The molecule has 0 saturated heterocycles. The number of rotatable bonds is 4. The molecule has 1 amide bonds. The van der Waals surface area contributed by atoms with Crippen molar-refractivity contribution in [3.05, 3.63) is 29.3 Å². The highest BCUT2D eigenvalue weighted by Crippen LogP contribution is 2.27. The van der Waals surface area contributed by atoms with E-state index in [-0.39, 0.29) is 11.7 Å². The summed E-state index contributed by atoms with van der Waals surface area (Å²) in [5.41, 5.74) is 1.11. The highest BCUT2D eigenvalue weighted by molar-refractivity contribution is 5.87. The van der Waals surface area contributed by atoms with E-state index in [4.69, 9.17) is 0 Å². The number of nitrogens with one attached hydrogen (secondary N) is 1. The third kappa shape index (κ3) is 3.25. The third-order valence-corrected chi connectivity index (χ3v) is 3.16. The van der Waals surface area contributed by atoms with Crippen LogP contribution in [0.25, 0.3) is 0 Å². The highest BCUT2D eigenvalue weighted by Gasteiger charge is 2.29. The van der Waals surface area contributed by atoms with Crippen molar-refractivity contribution in [2.45, 2.75) is 40.0 Å². The average Bonchev–Trinajstić information content (AvgIpc) is 2.29. The quantitative estimate of drug-likeness (QED) is 0.862. The molecule has 3 heteroatoms. The molecule has 0 spiro atoms. The number of amides is 1.